The molecule has 0 unspecified atom stereocenters. The summed E-state index contributed by atoms with van der Waals surface area (Å²) in [6.45, 7) is 2.06. The number of carbonyl (C=O) groups is 1. The van der Waals surface area contributed by atoms with Gasteiger partial charge in [-0.05, 0) is 12.0 Å². The minimum absolute atomic E-state index is 0.0773. The summed E-state index contributed by atoms with van der Waals surface area (Å²) < 4.78 is 7.34. The van der Waals surface area contributed by atoms with Crippen LogP contribution in [-0.4, -0.2) is 28.6 Å². The van der Waals surface area contributed by atoms with Crippen LogP contribution in [0.4, 0.5) is 0 Å². The quantitative estimate of drug-likeness (QED) is 0.743. The standard InChI is InChI=1S/C15H19N3O2/c19-15(12-20-11-14-5-2-1-3-6-14)17-7-4-9-18-10-8-16-13-18/h1-3,5-6,8,10,13H,4,7,9,11-12H2,(H,17,19). The Hall–Kier alpha value is -2.14. The molecule has 0 saturated heterocycles. The Kier molecular flexibility index (Phi) is 5.79. The maximum Gasteiger partial charge on any atom is 0.246 e. The number of benzene rings is 1. The van der Waals surface area contributed by atoms with E-state index in [9.17, 15) is 4.79 Å². The first kappa shape index (κ1) is 14.3. The van der Waals surface area contributed by atoms with Gasteiger partial charge in [0.15, 0.2) is 0 Å². The number of aromatic nitrogens is 2. The molecule has 0 fully saturated rings. The van der Waals surface area contributed by atoms with Crippen molar-refractivity contribution < 1.29 is 9.53 Å². The number of nitrogens with zero attached hydrogens (tertiary/aromatic N) is 2. The van der Waals surface area contributed by atoms with E-state index in [-0.39, 0.29) is 12.5 Å². The number of hydrogen-bond acceptors (Lipinski definition) is 3. The summed E-state index contributed by atoms with van der Waals surface area (Å²) in [5.74, 6) is -0.0773. The summed E-state index contributed by atoms with van der Waals surface area (Å²) in [5, 5.41) is 2.83. The lowest BCUT2D eigenvalue weighted by atomic mass is 10.2. The molecule has 2 rings (SSSR count). The monoisotopic (exact) mass is 273 g/mol. The average Bonchev–Trinajstić information content (AvgIpc) is 2.98. The van der Waals surface area contributed by atoms with Crippen LogP contribution in [0.15, 0.2) is 49.1 Å². The van der Waals surface area contributed by atoms with E-state index < -0.39 is 0 Å². The fourth-order valence-corrected chi connectivity index (χ4v) is 1.80. The van der Waals surface area contributed by atoms with Gasteiger partial charge in [-0.3, -0.25) is 4.79 Å². The molecule has 106 valence electrons. The van der Waals surface area contributed by atoms with Crippen LogP contribution in [0.25, 0.3) is 0 Å². The van der Waals surface area contributed by atoms with E-state index in [2.05, 4.69) is 10.3 Å². The Labute approximate surface area is 118 Å². The van der Waals surface area contributed by atoms with Crippen molar-refractivity contribution in [1.29, 1.82) is 0 Å². The molecule has 2 aromatic rings. The smallest absolute Gasteiger partial charge is 0.246 e. The first-order chi connectivity index (χ1) is 9.84. The second-order valence-corrected chi connectivity index (χ2v) is 4.48. The van der Waals surface area contributed by atoms with Crippen molar-refractivity contribution in [2.24, 2.45) is 0 Å². The second-order valence-electron chi connectivity index (χ2n) is 4.48. The Morgan fingerprint density at radius 3 is 2.90 bits per heavy atom. The van der Waals surface area contributed by atoms with E-state index in [4.69, 9.17) is 4.74 Å². The predicted molar refractivity (Wildman–Crippen MR) is 76.0 cm³/mol. The molecule has 1 amide bonds. The molecule has 1 aromatic carbocycles. The fraction of sp³-hybridized carbons (Fsp3) is 0.333. The number of rotatable bonds is 8. The fourth-order valence-electron chi connectivity index (χ4n) is 1.80. The van der Waals surface area contributed by atoms with E-state index in [1.54, 1.807) is 12.5 Å². The largest absolute Gasteiger partial charge is 0.367 e. The summed E-state index contributed by atoms with van der Waals surface area (Å²) >= 11 is 0. The van der Waals surface area contributed by atoms with Crippen molar-refractivity contribution in [1.82, 2.24) is 14.9 Å². The summed E-state index contributed by atoms with van der Waals surface area (Å²) in [7, 11) is 0. The molecule has 20 heavy (non-hydrogen) atoms. The molecule has 1 N–H and O–H groups in total. The minimum Gasteiger partial charge on any atom is -0.367 e. The van der Waals surface area contributed by atoms with Gasteiger partial charge in [0.1, 0.15) is 6.61 Å². The van der Waals surface area contributed by atoms with Gasteiger partial charge in [0, 0.05) is 25.5 Å². The molecular weight excluding hydrogens is 254 g/mol. The van der Waals surface area contributed by atoms with Crippen molar-refractivity contribution in [3.63, 3.8) is 0 Å². The van der Waals surface area contributed by atoms with E-state index in [0.29, 0.717) is 13.2 Å². The van der Waals surface area contributed by atoms with Gasteiger partial charge < -0.3 is 14.6 Å². The molecule has 0 spiro atoms. The molecule has 1 heterocycles. The molecule has 1 aromatic heterocycles. The zero-order valence-corrected chi connectivity index (χ0v) is 11.4. The second kappa shape index (κ2) is 8.12. The van der Waals surface area contributed by atoms with Crippen molar-refractivity contribution >= 4 is 5.91 Å². The van der Waals surface area contributed by atoms with Gasteiger partial charge in [0.2, 0.25) is 5.91 Å². The van der Waals surface area contributed by atoms with Gasteiger partial charge in [0.05, 0.1) is 12.9 Å². The number of aryl methyl sites for hydroxylation is 1. The lowest BCUT2D eigenvalue weighted by Gasteiger charge is -2.07. The van der Waals surface area contributed by atoms with Crippen LogP contribution in [0.2, 0.25) is 0 Å². The molecule has 5 nitrogen and oxygen atoms in total. The normalized spacial score (nSPS) is 10.4. The molecule has 0 aliphatic heterocycles. The number of amides is 1. The Bertz CT molecular complexity index is 497. The van der Waals surface area contributed by atoms with Crippen LogP contribution < -0.4 is 5.32 Å². The highest BCUT2D eigenvalue weighted by Gasteiger charge is 2.01. The number of nitrogens with one attached hydrogen (secondary N) is 1. The molecule has 0 aliphatic carbocycles. The molecule has 0 atom stereocenters. The van der Waals surface area contributed by atoms with Crippen molar-refractivity contribution in [2.45, 2.75) is 19.6 Å². The third-order valence-electron chi connectivity index (χ3n) is 2.82. The van der Waals surface area contributed by atoms with Gasteiger partial charge in [-0.2, -0.15) is 0 Å². The number of ether oxygens (including phenoxy) is 1. The molecule has 5 heteroatoms. The van der Waals surface area contributed by atoms with Crippen molar-refractivity contribution in [2.75, 3.05) is 13.2 Å². The zero-order chi connectivity index (χ0) is 14.0. The summed E-state index contributed by atoms with van der Waals surface area (Å²) in [4.78, 5) is 15.5. The SMILES string of the molecule is O=C(COCc1ccccc1)NCCCn1ccnc1. The number of hydrogen-bond donors (Lipinski definition) is 1. The van der Waals surface area contributed by atoms with E-state index in [0.717, 1.165) is 18.5 Å². The first-order valence-corrected chi connectivity index (χ1v) is 6.69. The molecule has 0 radical (unpaired) electrons. The Morgan fingerprint density at radius 2 is 2.15 bits per heavy atom. The van der Waals surface area contributed by atoms with Crippen LogP contribution in [0.5, 0.6) is 0 Å². The summed E-state index contributed by atoms with van der Waals surface area (Å²) in [6, 6.07) is 9.81. The Balaban J connectivity index is 1.52. The van der Waals surface area contributed by atoms with Gasteiger partial charge in [-0.25, -0.2) is 4.98 Å². The molecule has 0 saturated carbocycles. The lowest BCUT2D eigenvalue weighted by Crippen LogP contribution is -2.29. The van der Waals surface area contributed by atoms with Gasteiger partial charge >= 0.3 is 0 Å². The predicted octanol–water partition coefficient (Wildman–Crippen LogP) is 1.61. The summed E-state index contributed by atoms with van der Waals surface area (Å²) in [5.41, 5.74) is 1.07. The highest BCUT2D eigenvalue weighted by atomic mass is 16.5. The molecule has 0 aliphatic rings. The van der Waals surface area contributed by atoms with E-state index in [1.807, 2.05) is 41.1 Å². The highest BCUT2D eigenvalue weighted by Crippen LogP contribution is 1.99. The molecular formula is C15H19N3O2. The first-order valence-electron chi connectivity index (χ1n) is 6.69. The van der Waals surface area contributed by atoms with Crippen LogP contribution in [-0.2, 0) is 22.7 Å². The van der Waals surface area contributed by atoms with Gasteiger partial charge in [-0.15, -0.1) is 0 Å². The van der Waals surface area contributed by atoms with Gasteiger partial charge in [0.25, 0.3) is 0 Å². The number of carbonyl (C=O) groups excluding carboxylic acids is 1. The number of imidazole rings is 1. The lowest BCUT2D eigenvalue weighted by molar-refractivity contribution is -0.126. The third-order valence-corrected chi connectivity index (χ3v) is 2.82. The third kappa shape index (κ3) is 5.24. The average molecular weight is 273 g/mol. The highest BCUT2D eigenvalue weighted by molar-refractivity contribution is 5.77. The summed E-state index contributed by atoms with van der Waals surface area (Å²) in [6.07, 6.45) is 6.30. The maximum absolute atomic E-state index is 11.5. The maximum atomic E-state index is 11.5. The van der Waals surface area contributed by atoms with E-state index in [1.165, 1.54) is 0 Å². The van der Waals surface area contributed by atoms with Gasteiger partial charge in [-0.1, -0.05) is 30.3 Å². The molecule has 0 bridgehead atoms. The topological polar surface area (TPSA) is 56.1 Å². The minimum atomic E-state index is -0.0773. The van der Waals surface area contributed by atoms with Crippen molar-refractivity contribution in [3.8, 4) is 0 Å². The van der Waals surface area contributed by atoms with Crippen LogP contribution in [0.1, 0.15) is 12.0 Å². The van der Waals surface area contributed by atoms with Crippen LogP contribution in [0, 0.1) is 0 Å². The van der Waals surface area contributed by atoms with E-state index >= 15 is 0 Å². The zero-order valence-electron chi connectivity index (χ0n) is 11.4. The van der Waals surface area contributed by atoms with Crippen molar-refractivity contribution in [3.05, 3.63) is 54.6 Å². The van der Waals surface area contributed by atoms with Crippen LogP contribution >= 0.6 is 0 Å². The Morgan fingerprint density at radius 1 is 1.30 bits per heavy atom. The van der Waals surface area contributed by atoms with Crippen LogP contribution in [0.3, 0.4) is 0 Å².